The van der Waals surface area contributed by atoms with Crippen molar-refractivity contribution in [1.82, 2.24) is 14.9 Å². The van der Waals surface area contributed by atoms with E-state index in [9.17, 15) is 9.59 Å². The second kappa shape index (κ2) is 6.67. The molecule has 0 saturated heterocycles. The van der Waals surface area contributed by atoms with Crippen molar-refractivity contribution in [1.29, 1.82) is 0 Å². The lowest BCUT2D eigenvalue weighted by Gasteiger charge is -2.15. The first-order valence-corrected chi connectivity index (χ1v) is 7.39. The summed E-state index contributed by atoms with van der Waals surface area (Å²) in [7, 11) is 3.17. The van der Waals surface area contributed by atoms with Gasteiger partial charge in [0, 0.05) is 0 Å². The topological polar surface area (TPSA) is 88.4 Å². The summed E-state index contributed by atoms with van der Waals surface area (Å²) in [5, 5.41) is 0.558. The predicted molar refractivity (Wildman–Crippen MR) is 87.6 cm³/mol. The number of para-hydroxylation sites is 1. The Hall–Kier alpha value is -2.93. The van der Waals surface area contributed by atoms with E-state index in [4.69, 9.17) is 9.15 Å². The molecule has 3 rings (SSSR count). The van der Waals surface area contributed by atoms with E-state index >= 15 is 0 Å². The van der Waals surface area contributed by atoms with Gasteiger partial charge in [-0.15, -0.1) is 0 Å². The number of aromatic amines is 1. The molecule has 1 N–H and O–H groups in total. The Labute approximate surface area is 137 Å². The summed E-state index contributed by atoms with van der Waals surface area (Å²) in [6, 6.07) is 8.76. The normalized spacial score (nSPS) is 11.1. The maximum absolute atomic E-state index is 12.1. The highest BCUT2D eigenvalue weighted by Crippen LogP contribution is 2.15. The molecule has 0 aliphatic carbocycles. The summed E-state index contributed by atoms with van der Waals surface area (Å²) in [4.78, 5) is 32.9. The van der Waals surface area contributed by atoms with Crippen molar-refractivity contribution in [2.75, 3.05) is 14.2 Å². The molecule has 0 aliphatic rings. The number of fused-ring (bicyclic) bond motifs is 1. The third-order valence-corrected chi connectivity index (χ3v) is 3.65. The standard InChI is InChI=1S/C17H17N3O4/c1-20(9-14-12(7-8-24-14)17(22)23-2)10-15-18-13-6-4-3-5-11(13)16(21)19-15/h3-8H,9-10H2,1-2H3,(H,18,19,21). The van der Waals surface area contributed by atoms with Gasteiger partial charge in [-0.05, 0) is 25.2 Å². The minimum atomic E-state index is -0.440. The average molecular weight is 327 g/mol. The molecular weight excluding hydrogens is 310 g/mol. The van der Waals surface area contributed by atoms with Crippen LogP contribution >= 0.6 is 0 Å². The van der Waals surface area contributed by atoms with Gasteiger partial charge >= 0.3 is 5.97 Å². The van der Waals surface area contributed by atoms with Crippen LogP contribution in [0, 0.1) is 0 Å². The van der Waals surface area contributed by atoms with Crippen LogP contribution in [0.1, 0.15) is 21.9 Å². The molecule has 124 valence electrons. The van der Waals surface area contributed by atoms with Crippen LogP contribution in [0.3, 0.4) is 0 Å². The van der Waals surface area contributed by atoms with E-state index in [0.717, 1.165) is 0 Å². The summed E-state index contributed by atoms with van der Waals surface area (Å²) in [6.07, 6.45) is 1.45. The Morgan fingerprint density at radius 1 is 1.29 bits per heavy atom. The summed E-state index contributed by atoms with van der Waals surface area (Å²) in [6.45, 7) is 0.787. The highest BCUT2D eigenvalue weighted by Gasteiger charge is 2.17. The van der Waals surface area contributed by atoms with Crippen LogP contribution in [0.15, 0.2) is 45.8 Å². The van der Waals surface area contributed by atoms with Crippen LogP contribution in [0.4, 0.5) is 0 Å². The first-order valence-electron chi connectivity index (χ1n) is 7.39. The zero-order chi connectivity index (χ0) is 17.1. The van der Waals surface area contributed by atoms with Crippen molar-refractivity contribution in [2.45, 2.75) is 13.1 Å². The predicted octanol–water partition coefficient (Wildman–Crippen LogP) is 1.93. The number of rotatable bonds is 5. The van der Waals surface area contributed by atoms with E-state index in [0.29, 0.717) is 41.1 Å². The number of benzene rings is 1. The SMILES string of the molecule is COC(=O)c1ccoc1CN(C)Cc1nc2ccccc2c(=O)[nH]1. The maximum atomic E-state index is 12.1. The molecule has 0 bridgehead atoms. The van der Waals surface area contributed by atoms with Crippen LogP contribution < -0.4 is 5.56 Å². The molecule has 2 aromatic heterocycles. The summed E-state index contributed by atoms with van der Waals surface area (Å²) >= 11 is 0. The molecule has 0 fully saturated rings. The number of hydrogen-bond donors (Lipinski definition) is 1. The Kier molecular flexibility index (Phi) is 4.43. The number of aromatic nitrogens is 2. The Balaban J connectivity index is 1.78. The van der Waals surface area contributed by atoms with Crippen LogP contribution in [0.25, 0.3) is 10.9 Å². The van der Waals surface area contributed by atoms with Gasteiger partial charge < -0.3 is 14.1 Å². The van der Waals surface area contributed by atoms with Gasteiger partial charge in [-0.25, -0.2) is 9.78 Å². The molecule has 0 aliphatic heterocycles. The molecule has 0 radical (unpaired) electrons. The van der Waals surface area contributed by atoms with Crippen molar-refractivity contribution in [2.24, 2.45) is 0 Å². The van der Waals surface area contributed by atoms with Crippen molar-refractivity contribution in [3.8, 4) is 0 Å². The van der Waals surface area contributed by atoms with Crippen LogP contribution in [-0.4, -0.2) is 35.0 Å². The number of furan rings is 1. The fourth-order valence-corrected chi connectivity index (χ4v) is 2.52. The number of nitrogens with one attached hydrogen (secondary N) is 1. The van der Waals surface area contributed by atoms with E-state index in [1.165, 1.54) is 13.4 Å². The van der Waals surface area contributed by atoms with E-state index in [1.54, 1.807) is 24.3 Å². The number of hydrogen-bond acceptors (Lipinski definition) is 6. The summed E-state index contributed by atoms with van der Waals surface area (Å²) in [5.74, 6) is 0.615. The van der Waals surface area contributed by atoms with E-state index in [2.05, 4.69) is 9.97 Å². The molecule has 2 heterocycles. The molecule has 0 spiro atoms. The van der Waals surface area contributed by atoms with Crippen molar-refractivity contribution in [3.05, 3.63) is 64.1 Å². The van der Waals surface area contributed by atoms with Crippen molar-refractivity contribution >= 4 is 16.9 Å². The molecule has 0 unspecified atom stereocenters. The first-order chi connectivity index (χ1) is 11.6. The van der Waals surface area contributed by atoms with Gasteiger partial charge in [-0.3, -0.25) is 9.69 Å². The van der Waals surface area contributed by atoms with Gasteiger partial charge in [0.25, 0.3) is 5.56 Å². The third-order valence-electron chi connectivity index (χ3n) is 3.65. The molecule has 1 aromatic carbocycles. The van der Waals surface area contributed by atoms with E-state index in [-0.39, 0.29) is 5.56 Å². The van der Waals surface area contributed by atoms with Gasteiger partial charge in [0.1, 0.15) is 17.1 Å². The minimum absolute atomic E-state index is 0.169. The Morgan fingerprint density at radius 3 is 2.88 bits per heavy atom. The molecule has 3 aromatic rings. The summed E-state index contributed by atoms with van der Waals surface area (Å²) in [5.41, 5.74) is 0.875. The Bertz CT molecular complexity index is 929. The highest BCUT2D eigenvalue weighted by atomic mass is 16.5. The van der Waals surface area contributed by atoms with Gasteiger partial charge in [-0.1, -0.05) is 12.1 Å². The number of ether oxygens (including phenoxy) is 1. The van der Waals surface area contributed by atoms with Gasteiger partial charge in [-0.2, -0.15) is 0 Å². The Morgan fingerprint density at radius 2 is 2.08 bits per heavy atom. The van der Waals surface area contributed by atoms with Crippen LogP contribution in [0.5, 0.6) is 0 Å². The second-order valence-electron chi connectivity index (χ2n) is 5.45. The molecule has 7 nitrogen and oxygen atoms in total. The second-order valence-corrected chi connectivity index (χ2v) is 5.45. The molecule has 0 atom stereocenters. The number of carbonyl (C=O) groups excluding carboxylic acids is 1. The molecular formula is C17H17N3O4. The van der Waals surface area contributed by atoms with Crippen molar-refractivity contribution < 1.29 is 13.9 Å². The van der Waals surface area contributed by atoms with Crippen LogP contribution in [-0.2, 0) is 17.8 Å². The zero-order valence-corrected chi connectivity index (χ0v) is 13.4. The molecule has 24 heavy (non-hydrogen) atoms. The third kappa shape index (κ3) is 3.21. The largest absolute Gasteiger partial charge is 0.467 e. The molecule has 7 heteroatoms. The fourth-order valence-electron chi connectivity index (χ4n) is 2.52. The van der Waals surface area contributed by atoms with E-state index < -0.39 is 5.97 Å². The quantitative estimate of drug-likeness (QED) is 0.720. The number of carbonyl (C=O) groups is 1. The van der Waals surface area contributed by atoms with Gasteiger partial charge in [0.05, 0.1) is 37.4 Å². The highest BCUT2D eigenvalue weighted by molar-refractivity contribution is 5.90. The number of H-pyrrole nitrogens is 1. The number of nitrogens with zero attached hydrogens (tertiary/aromatic N) is 2. The van der Waals surface area contributed by atoms with Crippen molar-refractivity contribution in [3.63, 3.8) is 0 Å². The lowest BCUT2D eigenvalue weighted by Crippen LogP contribution is -2.22. The monoisotopic (exact) mass is 327 g/mol. The number of esters is 1. The lowest BCUT2D eigenvalue weighted by molar-refractivity contribution is 0.0596. The van der Waals surface area contributed by atoms with Gasteiger partial charge in [0.15, 0.2) is 0 Å². The van der Waals surface area contributed by atoms with Crippen LogP contribution in [0.2, 0.25) is 0 Å². The summed E-state index contributed by atoms with van der Waals surface area (Å²) < 4.78 is 10.1. The maximum Gasteiger partial charge on any atom is 0.341 e. The smallest absolute Gasteiger partial charge is 0.341 e. The van der Waals surface area contributed by atoms with Gasteiger partial charge in [0.2, 0.25) is 0 Å². The fraction of sp³-hybridized carbons (Fsp3) is 0.235. The molecule has 0 amide bonds. The number of methoxy groups -OCH3 is 1. The van der Waals surface area contributed by atoms with E-state index in [1.807, 2.05) is 18.0 Å². The average Bonchev–Trinajstić information content (AvgIpc) is 3.02. The molecule has 0 saturated carbocycles. The lowest BCUT2D eigenvalue weighted by atomic mass is 10.2. The minimum Gasteiger partial charge on any atom is -0.467 e. The first kappa shape index (κ1) is 15.9. The zero-order valence-electron chi connectivity index (χ0n) is 13.4.